The van der Waals surface area contributed by atoms with Crippen LogP contribution in [0.25, 0.3) is 10.9 Å². The van der Waals surface area contributed by atoms with Crippen LogP contribution in [0.4, 0.5) is 17.5 Å². The van der Waals surface area contributed by atoms with Gasteiger partial charge in [-0.15, -0.1) is 0 Å². The molecule has 3 rings (SSSR count). The number of aromatic nitrogens is 2. The maximum absolute atomic E-state index is 5.86. The summed E-state index contributed by atoms with van der Waals surface area (Å²) in [6.45, 7) is 0. The Balaban J connectivity index is 2.07. The first-order valence-corrected chi connectivity index (χ1v) is 6.15. The van der Waals surface area contributed by atoms with Crippen LogP contribution in [0.15, 0.2) is 48.5 Å². The summed E-state index contributed by atoms with van der Waals surface area (Å²) < 4.78 is 0. The smallest absolute Gasteiger partial charge is 0.222 e. The van der Waals surface area contributed by atoms with Gasteiger partial charge in [-0.05, 0) is 36.4 Å². The molecule has 0 atom stereocenters. The van der Waals surface area contributed by atoms with Gasteiger partial charge in [0.2, 0.25) is 5.95 Å². The van der Waals surface area contributed by atoms with Crippen molar-refractivity contribution in [3.63, 3.8) is 0 Å². The molecule has 19 heavy (non-hydrogen) atoms. The van der Waals surface area contributed by atoms with Crippen molar-refractivity contribution in [1.29, 1.82) is 0 Å². The predicted octanol–water partition coefficient (Wildman–Crippen LogP) is 3.61. The summed E-state index contributed by atoms with van der Waals surface area (Å²) in [5.74, 6) is 0.931. The van der Waals surface area contributed by atoms with Gasteiger partial charge in [-0.3, -0.25) is 0 Å². The monoisotopic (exact) mass is 270 g/mol. The van der Waals surface area contributed by atoms with Gasteiger partial charge in [-0.1, -0.05) is 23.7 Å². The van der Waals surface area contributed by atoms with E-state index >= 15 is 0 Å². The van der Waals surface area contributed by atoms with Crippen molar-refractivity contribution in [2.24, 2.45) is 0 Å². The minimum atomic E-state index is 0.246. The van der Waals surface area contributed by atoms with Crippen LogP contribution in [-0.2, 0) is 0 Å². The third-order valence-electron chi connectivity index (χ3n) is 2.73. The lowest BCUT2D eigenvalue weighted by Gasteiger charge is -2.09. The van der Waals surface area contributed by atoms with Crippen molar-refractivity contribution in [2.45, 2.75) is 0 Å². The fourth-order valence-corrected chi connectivity index (χ4v) is 1.99. The quantitative estimate of drug-likeness (QED) is 0.747. The summed E-state index contributed by atoms with van der Waals surface area (Å²) in [6, 6.07) is 15.1. The van der Waals surface area contributed by atoms with Crippen LogP contribution in [-0.4, -0.2) is 9.97 Å². The first kappa shape index (κ1) is 11.7. The minimum Gasteiger partial charge on any atom is -0.368 e. The van der Waals surface area contributed by atoms with Crippen molar-refractivity contribution in [3.05, 3.63) is 53.6 Å². The highest BCUT2D eigenvalue weighted by Crippen LogP contribution is 2.24. The van der Waals surface area contributed by atoms with E-state index < -0.39 is 0 Å². The Kier molecular flexibility index (Phi) is 2.93. The van der Waals surface area contributed by atoms with Gasteiger partial charge in [0.25, 0.3) is 0 Å². The summed E-state index contributed by atoms with van der Waals surface area (Å²) in [4.78, 5) is 8.44. The largest absolute Gasteiger partial charge is 0.368 e. The van der Waals surface area contributed by atoms with Crippen molar-refractivity contribution in [1.82, 2.24) is 9.97 Å². The second-order valence-corrected chi connectivity index (χ2v) is 4.52. The maximum atomic E-state index is 5.86. The molecule has 0 saturated carbocycles. The average Bonchev–Trinajstić information content (AvgIpc) is 2.41. The Morgan fingerprint density at radius 2 is 1.68 bits per heavy atom. The number of halogens is 1. The Bertz CT molecular complexity index is 725. The minimum absolute atomic E-state index is 0.246. The van der Waals surface area contributed by atoms with Crippen LogP contribution >= 0.6 is 11.6 Å². The first-order chi connectivity index (χ1) is 9.22. The number of nitrogens with two attached hydrogens (primary N) is 1. The van der Waals surface area contributed by atoms with E-state index in [1.165, 1.54) is 0 Å². The molecule has 94 valence electrons. The van der Waals surface area contributed by atoms with Crippen LogP contribution < -0.4 is 11.1 Å². The molecule has 0 unspecified atom stereocenters. The normalized spacial score (nSPS) is 10.6. The molecule has 0 radical (unpaired) electrons. The Labute approximate surface area is 115 Å². The van der Waals surface area contributed by atoms with E-state index in [0.717, 1.165) is 16.6 Å². The number of hydrogen-bond donors (Lipinski definition) is 2. The number of fused-ring (bicyclic) bond motifs is 1. The van der Waals surface area contributed by atoms with Gasteiger partial charge in [-0.25, -0.2) is 4.98 Å². The Morgan fingerprint density at radius 1 is 0.947 bits per heavy atom. The summed E-state index contributed by atoms with van der Waals surface area (Å²) in [7, 11) is 0. The maximum Gasteiger partial charge on any atom is 0.222 e. The van der Waals surface area contributed by atoms with Gasteiger partial charge >= 0.3 is 0 Å². The summed E-state index contributed by atoms with van der Waals surface area (Å²) >= 11 is 5.86. The number of anilines is 3. The molecule has 0 amide bonds. The molecule has 3 aromatic rings. The van der Waals surface area contributed by atoms with Gasteiger partial charge in [0.05, 0.1) is 5.52 Å². The lowest BCUT2D eigenvalue weighted by atomic mass is 10.2. The van der Waals surface area contributed by atoms with Crippen LogP contribution in [0, 0.1) is 0 Å². The number of nitrogen functional groups attached to an aromatic ring is 1. The standard InChI is InChI=1S/C14H11ClN4/c15-9-5-7-10(8-6-9)17-13-11-3-1-2-4-12(11)18-14(16)19-13/h1-8H,(H3,16,17,18,19). The SMILES string of the molecule is Nc1nc(Nc2ccc(Cl)cc2)c2ccccc2n1. The van der Waals surface area contributed by atoms with Crippen LogP contribution in [0.5, 0.6) is 0 Å². The van der Waals surface area contributed by atoms with Crippen LogP contribution in [0.1, 0.15) is 0 Å². The zero-order chi connectivity index (χ0) is 13.2. The molecule has 0 fully saturated rings. The molecule has 0 bridgehead atoms. The van der Waals surface area contributed by atoms with Crippen molar-refractivity contribution < 1.29 is 0 Å². The van der Waals surface area contributed by atoms with E-state index in [1.54, 1.807) is 0 Å². The molecule has 0 aliphatic carbocycles. The highest BCUT2D eigenvalue weighted by molar-refractivity contribution is 6.30. The number of nitrogens with one attached hydrogen (secondary N) is 1. The van der Waals surface area contributed by atoms with E-state index in [9.17, 15) is 0 Å². The number of benzene rings is 2. The van der Waals surface area contributed by atoms with Crippen LogP contribution in [0.3, 0.4) is 0 Å². The second kappa shape index (κ2) is 4.74. The zero-order valence-electron chi connectivity index (χ0n) is 9.97. The van der Waals surface area contributed by atoms with Gasteiger partial charge in [-0.2, -0.15) is 4.98 Å². The predicted molar refractivity (Wildman–Crippen MR) is 78.7 cm³/mol. The van der Waals surface area contributed by atoms with Crippen molar-refractivity contribution in [2.75, 3.05) is 11.1 Å². The van der Waals surface area contributed by atoms with Crippen molar-refractivity contribution in [3.8, 4) is 0 Å². The lowest BCUT2D eigenvalue weighted by Crippen LogP contribution is -2.01. The Morgan fingerprint density at radius 3 is 2.47 bits per heavy atom. The van der Waals surface area contributed by atoms with E-state index in [1.807, 2.05) is 48.5 Å². The lowest BCUT2D eigenvalue weighted by molar-refractivity contribution is 1.23. The molecular weight excluding hydrogens is 260 g/mol. The number of hydrogen-bond acceptors (Lipinski definition) is 4. The number of para-hydroxylation sites is 1. The summed E-state index contributed by atoms with van der Waals surface area (Å²) in [5, 5.41) is 4.84. The zero-order valence-corrected chi connectivity index (χ0v) is 10.7. The topological polar surface area (TPSA) is 63.8 Å². The van der Waals surface area contributed by atoms with Gasteiger partial charge < -0.3 is 11.1 Å². The molecule has 0 spiro atoms. The molecule has 1 heterocycles. The fraction of sp³-hybridized carbons (Fsp3) is 0. The van der Waals surface area contributed by atoms with Crippen LogP contribution in [0.2, 0.25) is 5.02 Å². The summed E-state index contributed by atoms with van der Waals surface area (Å²) in [5.41, 5.74) is 7.43. The van der Waals surface area contributed by atoms with Crippen molar-refractivity contribution >= 4 is 40.0 Å². The molecule has 1 aromatic heterocycles. The third-order valence-corrected chi connectivity index (χ3v) is 2.98. The second-order valence-electron chi connectivity index (χ2n) is 4.08. The van der Waals surface area contributed by atoms with E-state index in [4.69, 9.17) is 17.3 Å². The molecular formula is C14H11ClN4. The molecule has 0 saturated heterocycles. The Hall–Kier alpha value is -2.33. The number of nitrogens with zero attached hydrogens (tertiary/aromatic N) is 2. The van der Waals surface area contributed by atoms with E-state index in [0.29, 0.717) is 10.8 Å². The first-order valence-electron chi connectivity index (χ1n) is 5.77. The van der Waals surface area contributed by atoms with Gasteiger partial charge in [0, 0.05) is 16.1 Å². The van der Waals surface area contributed by atoms with Gasteiger partial charge in [0.1, 0.15) is 5.82 Å². The molecule has 3 N–H and O–H groups in total. The molecule has 0 aliphatic rings. The van der Waals surface area contributed by atoms with Gasteiger partial charge in [0.15, 0.2) is 0 Å². The van der Waals surface area contributed by atoms with E-state index in [2.05, 4.69) is 15.3 Å². The summed E-state index contributed by atoms with van der Waals surface area (Å²) in [6.07, 6.45) is 0. The molecule has 5 heteroatoms. The molecule has 4 nitrogen and oxygen atoms in total. The average molecular weight is 271 g/mol. The fourth-order valence-electron chi connectivity index (χ4n) is 1.86. The molecule has 0 aliphatic heterocycles. The molecule has 2 aromatic carbocycles. The van der Waals surface area contributed by atoms with E-state index in [-0.39, 0.29) is 5.95 Å². The third kappa shape index (κ3) is 2.44. The number of rotatable bonds is 2. The highest BCUT2D eigenvalue weighted by Gasteiger charge is 2.05. The highest BCUT2D eigenvalue weighted by atomic mass is 35.5.